The van der Waals surface area contributed by atoms with Crippen molar-refractivity contribution in [2.75, 3.05) is 0 Å². The van der Waals surface area contributed by atoms with Gasteiger partial charge in [-0.1, -0.05) is 49.4 Å². The Morgan fingerprint density at radius 1 is 1.04 bits per heavy atom. The van der Waals surface area contributed by atoms with Crippen molar-refractivity contribution < 1.29 is 9.18 Å². The van der Waals surface area contributed by atoms with Crippen LogP contribution in [0.15, 0.2) is 54.6 Å². The largest absolute Gasteiger partial charge is 0.336 e. The van der Waals surface area contributed by atoms with Crippen LogP contribution in [-0.2, 0) is 17.8 Å². The second kappa shape index (κ2) is 8.47. The molecule has 2 nitrogen and oxygen atoms in total. The highest BCUT2D eigenvalue weighted by Crippen LogP contribution is 2.14. The minimum absolute atomic E-state index is 0.146. The number of hydrogen-bond donors (Lipinski definition) is 0. The molecular formula is C20H24FNO. The second-order valence-corrected chi connectivity index (χ2v) is 5.89. The first kappa shape index (κ1) is 17.2. The monoisotopic (exact) mass is 313 g/mol. The van der Waals surface area contributed by atoms with Gasteiger partial charge in [0.2, 0.25) is 5.91 Å². The van der Waals surface area contributed by atoms with Crippen LogP contribution in [0.1, 0.15) is 37.8 Å². The summed E-state index contributed by atoms with van der Waals surface area (Å²) in [5, 5.41) is 0. The van der Waals surface area contributed by atoms with Crippen LogP contribution in [0.4, 0.5) is 4.39 Å². The summed E-state index contributed by atoms with van der Waals surface area (Å²) in [5.74, 6) is -0.0992. The Balaban J connectivity index is 2.00. The number of amides is 1. The first-order valence-electron chi connectivity index (χ1n) is 8.18. The van der Waals surface area contributed by atoms with Crippen LogP contribution in [0, 0.1) is 5.82 Å². The van der Waals surface area contributed by atoms with Crippen molar-refractivity contribution >= 4 is 5.91 Å². The number of carbonyl (C=O) groups is 1. The third-order valence-corrected chi connectivity index (χ3v) is 4.18. The van der Waals surface area contributed by atoms with E-state index in [1.165, 1.54) is 12.1 Å². The summed E-state index contributed by atoms with van der Waals surface area (Å²) in [4.78, 5) is 14.6. The number of rotatable bonds is 7. The molecule has 0 radical (unpaired) electrons. The Morgan fingerprint density at radius 2 is 1.70 bits per heavy atom. The van der Waals surface area contributed by atoms with Crippen LogP contribution in [0.2, 0.25) is 0 Å². The van der Waals surface area contributed by atoms with Crippen LogP contribution in [0.3, 0.4) is 0 Å². The maximum atomic E-state index is 12.9. The van der Waals surface area contributed by atoms with Gasteiger partial charge in [-0.2, -0.15) is 0 Å². The van der Waals surface area contributed by atoms with Gasteiger partial charge < -0.3 is 4.90 Å². The molecule has 23 heavy (non-hydrogen) atoms. The van der Waals surface area contributed by atoms with Gasteiger partial charge in [0.1, 0.15) is 5.82 Å². The molecule has 0 bridgehead atoms. The Kier molecular flexibility index (Phi) is 6.33. The highest BCUT2D eigenvalue weighted by Gasteiger charge is 2.18. The second-order valence-electron chi connectivity index (χ2n) is 5.89. The van der Waals surface area contributed by atoms with Gasteiger partial charge in [-0.15, -0.1) is 0 Å². The van der Waals surface area contributed by atoms with Gasteiger partial charge in [0.15, 0.2) is 0 Å². The molecule has 0 saturated carbocycles. The fourth-order valence-corrected chi connectivity index (χ4v) is 2.54. The Hall–Kier alpha value is -2.16. The summed E-state index contributed by atoms with van der Waals surface area (Å²) >= 11 is 0. The summed E-state index contributed by atoms with van der Waals surface area (Å²) in [6, 6.07) is 16.6. The molecule has 0 aromatic heterocycles. The molecule has 0 aliphatic carbocycles. The third kappa shape index (κ3) is 5.20. The fraction of sp³-hybridized carbons (Fsp3) is 0.350. The van der Waals surface area contributed by atoms with E-state index >= 15 is 0 Å². The van der Waals surface area contributed by atoms with Crippen molar-refractivity contribution in [1.29, 1.82) is 0 Å². The van der Waals surface area contributed by atoms with E-state index in [1.807, 2.05) is 35.2 Å². The van der Waals surface area contributed by atoms with Gasteiger partial charge in [-0.05, 0) is 43.0 Å². The fourth-order valence-electron chi connectivity index (χ4n) is 2.54. The molecule has 1 unspecified atom stereocenters. The summed E-state index contributed by atoms with van der Waals surface area (Å²) in [6.45, 7) is 4.81. The zero-order chi connectivity index (χ0) is 16.7. The van der Waals surface area contributed by atoms with Gasteiger partial charge in [0.05, 0.1) is 0 Å². The molecule has 1 amide bonds. The number of nitrogens with zero attached hydrogens (tertiary/aromatic N) is 1. The van der Waals surface area contributed by atoms with Crippen LogP contribution in [0.25, 0.3) is 0 Å². The number of hydrogen-bond acceptors (Lipinski definition) is 1. The standard InChI is InChI=1S/C20H24FNO/c1-3-16(2)22(15-18-7-5-4-6-8-18)20(23)14-11-17-9-12-19(21)13-10-17/h4-10,12-13,16H,3,11,14-15H2,1-2H3. The maximum Gasteiger partial charge on any atom is 0.223 e. The molecule has 0 heterocycles. The van der Waals surface area contributed by atoms with E-state index in [4.69, 9.17) is 0 Å². The van der Waals surface area contributed by atoms with Crippen LogP contribution in [-0.4, -0.2) is 16.8 Å². The van der Waals surface area contributed by atoms with Crippen LogP contribution < -0.4 is 0 Å². The summed E-state index contributed by atoms with van der Waals surface area (Å²) in [6.07, 6.45) is 2.01. The number of benzene rings is 2. The Morgan fingerprint density at radius 3 is 2.30 bits per heavy atom. The van der Waals surface area contributed by atoms with E-state index in [0.717, 1.165) is 17.5 Å². The van der Waals surface area contributed by atoms with E-state index in [0.29, 0.717) is 19.4 Å². The molecule has 0 aliphatic rings. The number of carbonyl (C=O) groups excluding carboxylic acids is 1. The Labute approximate surface area is 137 Å². The lowest BCUT2D eigenvalue weighted by atomic mass is 10.1. The minimum Gasteiger partial charge on any atom is -0.336 e. The maximum absolute atomic E-state index is 12.9. The molecule has 0 fully saturated rings. The average Bonchev–Trinajstić information content (AvgIpc) is 2.59. The molecule has 0 spiro atoms. The molecule has 122 valence electrons. The lowest BCUT2D eigenvalue weighted by Gasteiger charge is -2.29. The lowest BCUT2D eigenvalue weighted by Crippen LogP contribution is -2.37. The SMILES string of the molecule is CCC(C)N(Cc1ccccc1)C(=O)CCc1ccc(F)cc1. The smallest absolute Gasteiger partial charge is 0.223 e. The van der Waals surface area contributed by atoms with E-state index in [2.05, 4.69) is 13.8 Å². The van der Waals surface area contributed by atoms with E-state index in [-0.39, 0.29) is 17.8 Å². The molecule has 1 atom stereocenters. The number of aryl methyl sites for hydroxylation is 1. The van der Waals surface area contributed by atoms with Gasteiger partial charge in [0, 0.05) is 19.0 Å². The van der Waals surface area contributed by atoms with Crippen molar-refractivity contribution in [3.05, 3.63) is 71.5 Å². The minimum atomic E-state index is -0.245. The molecule has 0 saturated heterocycles. The van der Waals surface area contributed by atoms with Crippen molar-refractivity contribution in [2.24, 2.45) is 0 Å². The molecule has 2 rings (SSSR count). The molecule has 3 heteroatoms. The van der Waals surface area contributed by atoms with E-state index < -0.39 is 0 Å². The normalized spacial score (nSPS) is 12.0. The van der Waals surface area contributed by atoms with E-state index in [9.17, 15) is 9.18 Å². The molecule has 2 aromatic carbocycles. The lowest BCUT2D eigenvalue weighted by molar-refractivity contribution is -0.134. The van der Waals surface area contributed by atoms with Crippen molar-refractivity contribution in [2.45, 2.75) is 45.7 Å². The first-order valence-corrected chi connectivity index (χ1v) is 8.18. The zero-order valence-electron chi connectivity index (χ0n) is 13.8. The molecule has 0 aliphatic heterocycles. The van der Waals surface area contributed by atoms with Crippen molar-refractivity contribution in [3.63, 3.8) is 0 Å². The van der Waals surface area contributed by atoms with Crippen LogP contribution >= 0.6 is 0 Å². The Bertz CT molecular complexity index is 609. The summed E-state index contributed by atoms with van der Waals surface area (Å²) < 4.78 is 12.9. The quantitative estimate of drug-likeness (QED) is 0.732. The molecular weight excluding hydrogens is 289 g/mol. The number of halogens is 1. The predicted molar refractivity (Wildman–Crippen MR) is 91.5 cm³/mol. The van der Waals surface area contributed by atoms with Crippen molar-refractivity contribution in [1.82, 2.24) is 4.90 Å². The van der Waals surface area contributed by atoms with Crippen molar-refractivity contribution in [3.8, 4) is 0 Å². The predicted octanol–water partition coefficient (Wildman–Crippen LogP) is 4.59. The zero-order valence-corrected chi connectivity index (χ0v) is 13.8. The van der Waals surface area contributed by atoms with Crippen LogP contribution in [0.5, 0.6) is 0 Å². The highest BCUT2D eigenvalue weighted by atomic mass is 19.1. The van der Waals surface area contributed by atoms with Gasteiger partial charge >= 0.3 is 0 Å². The third-order valence-electron chi connectivity index (χ3n) is 4.18. The topological polar surface area (TPSA) is 20.3 Å². The van der Waals surface area contributed by atoms with E-state index in [1.54, 1.807) is 12.1 Å². The van der Waals surface area contributed by atoms with Gasteiger partial charge in [-0.3, -0.25) is 4.79 Å². The highest BCUT2D eigenvalue weighted by molar-refractivity contribution is 5.76. The molecule has 2 aromatic rings. The summed E-state index contributed by atoms with van der Waals surface area (Å²) in [5.41, 5.74) is 2.13. The summed E-state index contributed by atoms with van der Waals surface area (Å²) in [7, 11) is 0. The first-order chi connectivity index (χ1) is 11.1. The average molecular weight is 313 g/mol. The molecule has 0 N–H and O–H groups in total. The van der Waals surface area contributed by atoms with Gasteiger partial charge in [-0.25, -0.2) is 4.39 Å². The van der Waals surface area contributed by atoms with Gasteiger partial charge in [0.25, 0.3) is 0 Å².